The minimum Gasteiger partial charge on any atom is -0.356 e. The predicted molar refractivity (Wildman–Crippen MR) is 95.6 cm³/mol. The summed E-state index contributed by atoms with van der Waals surface area (Å²) >= 11 is 0. The lowest BCUT2D eigenvalue weighted by molar-refractivity contribution is -0.120. The number of rotatable bonds is 7. The number of nitrogens with one attached hydrogen (secondary N) is 3. The maximum Gasteiger partial charge on any atom is 0.239 e. The van der Waals surface area contributed by atoms with Gasteiger partial charge in [0.05, 0.1) is 6.54 Å². The Morgan fingerprint density at radius 3 is 2.39 bits per heavy atom. The van der Waals surface area contributed by atoms with Gasteiger partial charge in [0.1, 0.15) is 0 Å². The number of hydrogen-bond acceptors (Lipinski definition) is 2. The number of carbonyl (C=O) groups excluding carboxylic acids is 1. The molecular formula is C18H34N4O. The van der Waals surface area contributed by atoms with Gasteiger partial charge in [-0.05, 0) is 31.6 Å². The van der Waals surface area contributed by atoms with Crippen molar-refractivity contribution in [3.63, 3.8) is 0 Å². The van der Waals surface area contributed by atoms with Crippen molar-refractivity contribution in [1.29, 1.82) is 0 Å². The largest absolute Gasteiger partial charge is 0.356 e. The Balaban J connectivity index is 1.53. The first kappa shape index (κ1) is 18.1. The SMILES string of the molecule is CN=C(NCCCC1CCCC1)NCC(=O)NC1CCCCC1. The molecule has 23 heavy (non-hydrogen) atoms. The molecule has 0 bridgehead atoms. The molecule has 1 amide bonds. The number of aliphatic imine (C=N–C) groups is 1. The van der Waals surface area contributed by atoms with E-state index in [-0.39, 0.29) is 5.91 Å². The molecular weight excluding hydrogens is 288 g/mol. The van der Waals surface area contributed by atoms with E-state index in [1.54, 1.807) is 7.05 Å². The molecule has 132 valence electrons. The van der Waals surface area contributed by atoms with Crippen LogP contribution in [0.2, 0.25) is 0 Å². The van der Waals surface area contributed by atoms with Gasteiger partial charge in [0.2, 0.25) is 5.91 Å². The first-order chi connectivity index (χ1) is 11.3. The van der Waals surface area contributed by atoms with Gasteiger partial charge in [-0.3, -0.25) is 9.79 Å². The highest BCUT2D eigenvalue weighted by molar-refractivity contribution is 5.86. The lowest BCUT2D eigenvalue weighted by Gasteiger charge is -2.23. The molecule has 0 atom stereocenters. The van der Waals surface area contributed by atoms with Crippen LogP contribution in [0.3, 0.4) is 0 Å². The van der Waals surface area contributed by atoms with E-state index in [4.69, 9.17) is 0 Å². The molecule has 0 saturated heterocycles. The highest BCUT2D eigenvalue weighted by Crippen LogP contribution is 2.28. The van der Waals surface area contributed by atoms with Crippen LogP contribution in [0.5, 0.6) is 0 Å². The van der Waals surface area contributed by atoms with Crippen molar-refractivity contribution >= 4 is 11.9 Å². The van der Waals surface area contributed by atoms with Gasteiger partial charge in [0.25, 0.3) is 0 Å². The summed E-state index contributed by atoms with van der Waals surface area (Å²) < 4.78 is 0. The zero-order valence-corrected chi connectivity index (χ0v) is 14.7. The zero-order chi connectivity index (χ0) is 16.3. The van der Waals surface area contributed by atoms with Crippen molar-refractivity contribution in [3.8, 4) is 0 Å². The summed E-state index contributed by atoms with van der Waals surface area (Å²) in [5.74, 6) is 1.74. The molecule has 2 rings (SSSR count). The summed E-state index contributed by atoms with van der Waals surface area (Å²) in [5.41, 5.74) is 0. The van der Waals surface area contributed by atoms with Crippen molar-refractivity contribution in [2.45, 2.75) is 76.7 Å². The highest BCUT2D eigenvalue weighted by atomic mass is 16.2. The van der Waals surface area contributed by atoms with Crippen molar-refractivity contribution in [1.82, 2.24) is 16.0 Å². The monoisotopic (exact) mass is 322 g/mol. The molecule has 2 fully saturated rings. The number of amides is 1. The summed E-state index contributed by atoms with van der Waals surface area (Å²) in [6.07, 6.45) is 14.2. The van der Waals surface area contributed by atoms with E-state index in [9.17, 15) is 4.79 Å². The fourth-order valence-corrected chi connectivity index (χ4v) is 3.81. The molecule has 2 aliphatic carbocycles. The lowest BCUT2D eigenvalue weighted by atomic mass is 9.95. The first-order valence-electron chi connectivity index (χ1n) is 9.52. The molecule has 2 saturated carbocycles. The van der Waals surface area contributed by atoms with Crippen LogP contribution in [0.15, 0.2) is 4.99 Å². The third-order valence-corrected chi connectivity index (χ3v) is 5.17. The fraction of sp³-hybridized carbons (Fsp3) is 0.889. The van der Waals surface area contributed by atoms with Crippen molar-refractivity contribution in [3.05, 3.63) is 0 Å². The van der Waals surface area contributed by atoms with Crippen molar-refractivity contribution in [2.75, 3.05) is 20.1 Å². The Morgan fingerprint density at radius 2 is 1.70 bits per heavy atom. The van der Waals surface area contributed by atoms with Crippen LogP contribution in [0.25, 0.3) is 0 Å². The molecule has 0 spiro atoms. The van der Waals surface area contributed by atoms with Crippen molar-refractivity contribution < 1.29 is 4.79 Å². The second kappa shape index (κ2) is 10.5. The summed E-state index contributed by atoms with van der Waals surface area (Å²) in [6, 6.07) is 0.374. The number of guanidine groups is 1. The van der Waals surface area contributed by atoms with Gasteiger partial charge in [-0.15, -0.1) is 0 Å². The van der Waals surface area contributed by atoms with E-state index in [0.29, 0.717) is 12.6 Å². The molecule has 0 unspecified atom stereocenters. The predicted octanol–water partition coefficient (Wildman–Crippen LogP) is 2.57. The number of nitrogens with zero attached hydrogens (tertiary/aromatic N) is 1. The molecule has 0 aromatic carbocycles. The van der Waals surface area contributed by atoms with Gasteiger partial charge >= 0.3 is 0 Å². The highest BCUT2D eigenvalue weighted by Gasteiger charge is 2.16. The smallest absolute Gasteiger partial charge is 0.239 e. The van der Waals surface area contributed by atoms with E-state index >= 15 is 0 Å². The van der Waals surface area contributed by atoms with E-state index in [1.165, 1.54) is 57.8 Å². The first-order valence-corrected chi connectivity index (χ1v) is 9.52. The number of carbonyl (C=O) groups is 1. The Morgan fingerprint density at radius 1 is 1.00 bits per heavy atom. The summed E-state index contributed by atoms with van der Waals surface area (Å²) in [5, 5.41) is 9.54. The maximum atomic E-state index is 12.0. The average Bonchev–Trinajstić information content (AvgIpc) is 3.08. The van der Waals surface area contributed by atoms with Gasteiger partial charge in [-0.25, -0.2) is 0 Å². The van der Waals surface area contributed by atoms with Crippen LogP contribution in [-0.4, -0.2) is 38.0 Å². The molecule has 0 aromatic heterocycles. The molecule has 0 aliphatic heterocycles. The minimum absolute atomic E-state index is 0.0748. The van der Waals surface area contributed by atoms with Crippen molar-refractivity contribution in [2.24, 2.45) is 10.9 Å². The Kier molecular flexibility index (Phi) is 8.26. The quantitative estimate of drug-likeness (QED) is 0.383. The number of hydrogen-bond donors (Lipinski definition) is 3. The van der Waals surface area contributed by atoms with Crippen LogP contribution < -0.4 is 16.0 Å². The van der Waals surface area contributed by atoms with Gasteiger partial charge < -0.3 is 16.0 Å². The van der Waals surface area contributed by atoms with Crippen LogP contribution in [0.1, 0.15) is 70.6 Å². The second-order valence-corrected chi connectivity index (χ2v) is 7.05. The second-order valence-electron chi connectivity index (χ2n) is 7.05. The van der Waals surface area contributed by atoms with E-state index in [0.717, 1.165) is 31.3 Å². The third-order valence-electron chi connectivity index (χ3n) is 5.17. The maximum absolute atomic E-state index is 12.0. The standard InChI is InChI=1S/C18H34N4O/c1-19-18(20-13-7-10-15-8-5-6-9-15)21-14-17(23)22-16-11-3-2-4-12-16/h15-16H,2-14H2,1H3,(H,22,23)(H2,19,20,21). The molecule has 0 aromatic rings. The van der Waals surface area contributed by atoms with Gasteiger partial charge in [0.15, 0.2) is 5.96 Å². The van der Waals surface area contributed by atoms with Crippen LogP contribution >= 0.6 is 0 Å². The van der Waals surface area contributed by atoms with Gasteiger partial charge in [-0.1, -0.05) is 44.9 Å². The van der Waals surface area contributed by atoms with E-state index < -0.39 is 0 Å². The molecule has 2 aliphatic rings. The van der Waals surface area contributed by atoms with Crippen LogP contribution in [-0.2, 0) is 4.79 Å². The minimum atomic E-state index is 0.0748. The van der Waals surface area contributed by atoms with Gasteiger partial charge in [0, 0.05) is 19.6 Å². The Bertz CT molecular complexity index is 371. The Labute approximate surface area is 141 Å². The van der Waals surface area contributed by atoms with E-state index in [2.05, 4.69) is 20.9 Å². The topological polar surface area (TPSA) is 65.5 Å². The molecule has 0 radical (unpaired) electrons. The third kappa shape index (κ3) is 7.23. The molecule has 5 nitrogen and oxygen atoms in total. The van der Waals surface area contributed by atoms with E-state index in [1.807, 2.05) is 0 Å². The zero-order valence-electron chi connectivity index (χ0n) is 14.7. The van der Waals surface area contributed by atoms with Crippen LogP contribution in [0.4, 0.5) is 0 Å². The Hall–Kier alpha value is -1.26. The molecule has 5 heteroatoms. The summed E-state index contributed by atoms with van der Waals surface area (Å²) in [6.45, 7) is 1.24. The summed E-state index contributed by atoms with van der Waals surface area (Å²) in [7, 11) is 1.76. The normalized spacial score (nSPS) is 20.5. The fourth-order valence-electron chi connectivity index (χ4n) is 3.81. The van der Waals surface area contributed by atoms with Crippen LogP contribution in [0, 0.1) is 5.92 Å². The molecule has 3 N–H and O–H groups in total. The summed E-state index contributed by atoms with van der Waals surface area (Å²) in [4.78, 5) is 16.2. The average molecular weight is 322 g/mol. The lowest BCUT2D eigenvalue weighted by Crippen LogP contribution is -2.46. The van der Waals surface area contributed by atoms with Gasteiger partial charge in [-0.2, -0.15) is 0 Å². The molecule has 0 heterocycles.